The molecule has 0 bridgehead atoms. The number of para-hydroxylation sites is 1. The molecule has 0 saturated carbocycles. The summed E-state index contributed by atoms with van der Waals surface area (Å²) < 4.78 is 4.96. The van der Waals surface area contributed by atoms with E-state index < -0.39 is 0 Å². The topological polar surface area (TPSA) is 84.2 Å². The third-order valence-corrected chi connectivity index (χ3v) is 3.20. The number of nitrogens with zero attached hydrogens (tertiary/aromatic N) is 4. The maximum absolute atomic E-state index is 12.4. The van der Waals surface area contributed by atoms with Gasteiger partial charge in [-0.05, 0) is 19.1 Å². The second kappa shape index (κ2) is 6.27. The molecule has 2 aromatic heterocycles. The predicted molar refractivity (Wildman–Crippen MR) is 85.7 cm³/mol. The third-order valence-electron chi connectivity index (χ3n) is 3.20. The molecule has 0 aliphatic rings. The molecule has 7 nitrogen and oxygen atoms in total. The lowest BCUT2D eigenvalue weighted by Crippen LogP contribution is -2.27. The fourth-order valence-corrected chi connectivity index (χ4v) is 2.00. The van der Waals surface area contributed by atoms with E-state index in [2.05, 4.69) is 20.4 Å². The van der Waals surface area contributed by atoms with Crippen LogP contribution in [0.3, 0.4) is 0 Å². The minimum Gasteiger partial charge on any atom is -0.360 e. The lowest BCUT2D eigenvalue weighted by atomic mass is 10.3. The van der Waals surface area contributed by atoms with Crippen molar-refractivity contribution >= 4 is 23.2 Å². The molecule has 0 saturated heterocycles. The maximum atomic E-state index is 12.4. The number of hydrogen-bond donors (Lipinski definition) is 1. The van der Waals surface area contributed by atoms with E-state index in [0.717, 1.165) is 5.69 Å². The minimum absolute atomic E-state index is 0.229. The first-order chi connectivity index (χ1) is 11.1. The molecular weight excluding hydrogens is 294 g/mol. The molecule has 0 unspecified atom stereocenters. The van der Waals surface area contributed by atoms with E-state index in [9.17, 15) is 4.79 Å². The summed E-state index contributed by atoms with van der Waals surface area (Å²) in [6.45, 7) is 1.80. The number of carbonyl (C=O) groups excluding carboxylic acids is 1. The first kappa shape index (κ1) is 14.7. The first-order valence-electron chi connectivity index (χ1n) is 6.99. The van der Waals surface area contributed by atoms with Crippen molar-refractivity contribution in [1.82, 2.24) is 15.1 Å². The SMILES string of the molecule is Cc1cc(Nc2cnc(C(=O)N(C)c3ccccc3)cn2)no1. The fraction of sp³-hybridized carbons (Fsp3) is 0.125. The van der Waals surface area contributed by atoms with Gasteiger partial charge in [0.05, 0.1) is 12.4 Å². The molecule has 3 aromatic rings. The largest absolute Gasteiger partial charge is 0.360 e. The Morgan fingerprint density at radius 2 is 1.91 bits per heavy atom. The highest BCUT2D eigenvalue weighted by molar-refractivity contribution is 6.04. The van der Waals surface area contributed by atoms with E-state index >= 15 is 0 Å². The highest BCUT2D eigenvalue weighted by Crippen LogP contribution is 2.16. The monoisotopic (exact) mass is 309 g/mol. The van der Waals surface area contributed by atoms with Gasteiger partial charge in [0.2, 0.25) is 0 Å². The van der Waals surface area contributed by atoms with Crippen LogP contribution in [0.15, 0.2) is 53.3 Å². The summed E-state index contributed by atoms with van der Waals surface area (Å²) in [6.07, 6.45) is 2.91. The van der Waals surface area contributed by atoms with Crippen LogP contribution in [0.25, 0.3) is 0 Å². The standard InChI is InChI=1S/C16H15N5O2/c1-11-8-14(20-23-11)19-15-10-17-13(9-18-15)16(22)21(2)12-6-4-3-5-7-12/h3-10H,1-2H3,(H,18,19,20). The van der Waals surface area contributed by atoms with Crippen molar-refractivity contribution in [3.05, 3.63) is 60.2 Å². The van der Waals surface area contributed by atoms with Crippen LogP contribution in [0.5, 0.6) is 0 Å². The van der Waals surface area contributed by atoms with Crippen LogP contribution in [0.2, 0.25) is 0 Å². The number of aryl methyl sites for hydroxylation is 1. The summed E-state index contributed by atoms with van der Waals surface area (Å²) in [5, 5.41) is 6.76. The van der Waals surface area contributed by atoms with Crippen LogP contribution in [-0.2, 0) is 0 Å². The number of carbonyl (C=O) groups is 1. The number of hydrogen-bond acceptors (Lipinski definition) is 6. The number of benzene rings is 1. The molecule has 116 valence electrons. The van der Waals surface area contributed by atoms with Gasteiger partial charge in [0.25, 0.3) is 5.91 Å². The van der Waals surface area contributed by atoms with Crippen molar-refractivity contribution in [3.63, 3.8) is 0 Å². The van der Waals surface area contributed by atoms with Crippen LogP contribution in [0.1, 0.15) is 16.2 Å². The van der Waals surface area contributed by atoms with Gasteiger partial charge in [-0.25, -0.2) is 9.97 Å². The fourth-order valence-electron chi connectivity index (χ4n) is 2.00. The molecule has 0 spiro atoms. The van der Waals surface area contributed by atoms with E-state index in [-0.39, 0.29) is 11.6 Å². The van der Waals surface area contributed by atoms with Gasteiger partial charge in [-0.1, -0.05) is 23.4 Å². The molecule has 7 heteroatoms. The van der Waals surface area contributed by atoms with E-state index in [1.54, 1.807) is 20.0 Å². The number of nitrogens with one attached hydrogen (secondary N) is 1. The van der Waals surface area contributed by atoms with Gasteiger partial charge in [-0.15, -0.1) is 0 Å². The van der Waals surface area contributed by atoms with Crippen molar-refractivity contribution < 1.29 is 9.32 Å². The molecule has 1 amide bonds. The molecule has 0 aliphatic carbocycles. The maximum Gasteiger partial charge on any atom is 0.278 e. The minimum atomic E-state index is -0.229. The predicted octanol–water partition coefficient (Wildman–Crippen LogP) is 2.79. The summed E-state index contributed by atoms with van der Waals surface area (Å²) in [6, 6.07) is 11.1. The Labute approximate surface area is 133 Å². The Hall–Kier alpha value is -3.22. The van der Waals surface area contributed by atoms with Crippen molar-refractivity contribution in [2.24, 2.45) is 0 Å². The van der Waals surface area contributed by atoms with Crippen molar-refractivity contribution in [2.45, 2.75) is 6.92 Å². The molecule has 23 heavy (non-hydrogen) atoms. The Morgan fingerprint density at radius 1 is 1.13 bits per heavy atom. The smallest absolute Gasteiger partial charge is 0.278 e. The zero-order chi connectivity index (χ0) is 16.2. The average Bonchev–Trinajstić information content (AvgIpc) is 3.00. The molecule has 0 fully saturated rings. The van der Waals surface area contributed by atoms with Crippen LogP contribution >= 0.6 is 0 Å². The van der Waals surface area contributed by atoms with E-state index in [1.165, 1.54) is 17.3 Å². The van der Waals surface area contributed by atoms with Gasteiger partial charge in [0, 0.05) is 18.8 Å². The van der Waals surface area contributed by atoms with Gasteiger partial charge < -0.3 is 14.7 Å². The van der Waals surface area contributed by atoms with Gasteiger partial charge in [0.15, 0.2) is 5.82 Å². The number of anilines is 3. The molecule has 3 rings (SSSR count). The highest BCUT2D eigenvalue weighted by atomic mass is 16.5. The van der Waals surface area contributed by atoms with Gasteiger partial charge in [-0.3, -0.25) is 4.79 Å². The van der Waals surface area contributed by atoms with Gasteiger partial charge >= 0.3 is 0 Å². The van der Waals surface area contributed by atoms with Crippen LogP contribution < -0.4 is 10.2 Å². The van der Waals surface area contributed by atoms with Crippen LogP contribution in [0.4, 0.5) is 17.3 Å². The second-order valence-electron chi connectivity index (χ2n) is 4.93. The lowest BCUT2D eigenvalue weighted by Gasteiger charge is -2.16. The van der Waals surface area contributed by atoms with Crippen molar-refractivity contribution in [2.75, 3.05) is 17.3 Å². The van der Waals surface area contributed by atoms with Gasteiger partial charge in [-0.2, -0.15) is 0 Å². The van der Waals surface area contributed by atoms with Crippen molar-refractivity contribution in [1.29, 1.82) is 0 Å². The van der Waals surface area contributed by atoms with E-state index in [4.69, 9.17) is 4.52 Å². The summed E-state index contributed by atoms with van der Waals surface area (Å²) in [4.78, 5) is 22.3. The number of amides is 1. The van der Waals surface area contributed by atoms with Crippen LogP contribution in [0, 0.1) is 6.92 Å². The Balaban J connectivity index is 1.72. The van der Waals surface area contributed by atoms with Crippen LogP contribution in [-0.4, -0.2) is 28.1 Å². The zero-order valence-corrected chi connectivity index (χ0v) is 12.7. The molecule has 1 aromatic carbocycles. The summed E-state index contributed by atoms with van der Waals surface area (Å²) in [5.74, 6) is 1.48. The zero-order valence-electron chi connectivity index (χ0n) is 12.7. The van der Waals surface area contributed by atoms with Crippen molar-refractivity contribution in [3.8, 4) is 0 Å². The van der Waals surface area contributed by atoms with Gasteiger partial charge in [0.1, 0.15) is 17.3 Å². The quantitative estimate of drug-likeness (QED) is 0.797. The Bertz CT molecular complexity index is 799. The molecule has 0 atom stereocenters. The third kappa shape index (κ3) is 3.34. The average molecular weight is 309 g/mol. The van der Waals surface area contributed by atoms with E-state index in [1.807, 2.05) is 30.3 Å². The number of rotatable bonds is 4. The molecule has 0 radical (unpaired) electrons. The molecule has 2 heterocycles. The summed E-state index contributed by atoms with van der Waals surface area (Å²) in [7, 11) is 1.70. The highest BCUT2D eigenvalue weighted by Gasteiger charge is 2.15. The lowest BCUT2D eigenvalue weighted by molar-refractivity contribution is 0.0988. The second-order valence-corrected chi connectivity index (χ2v) is 4.93. The number of aromatic nitrogens is 3. The molecular formula is C16H15N5O2. The summed E-state index contributed by atoms with van der Waals surface area (Å²) >= 11 is 0. The normalized spacial score (nSPS) is 10.3. The summed E-state index contributed by atoms with van der Waals surface area (Å²) in [5.41, 5.74) is 1.05. The molecule has 1 N–H and O–H groups in total. The Kier molecular flexibility index (Phi) is 4.01. The molecule has 0 aliphatic heterocycles. The van der Waals surface area contributed by atoms with E-state index in [0.29, 0.717) is 17.4 Å². The Morgan fingerprint density at radius 3 is 2.52 bits per heavy atom. The first-order valence-corrected chi connectivity index (χ1v) is 6.99.